The zero-order valence-corrected chi connectivity index (χ0v) is 8.87. The van der Waals surface area contributed by atoms with E-state index < -0.39 is 17.4 Å². The Balaban J connectivity index is 2.67. The Labute approximate surface area is 88.4 Å². The molecule has 0 amide bonds. The quantitative estimate of drug-likeness (QED) is 0.744. The first-order valence-electron chi connectivity index (χ1n) is 5.14. The summed E-state index contributed by atoms with van der Waals surface area (Å²) < 4.78 is 14.3. The first-order valence-corrected chi connectivity index (χ1v) is 5.14. The Morgan fingerprint density at radius 2 is 2.00 bits per heavy atom. The topological polar surface area (TPSA) is 40.5 Å². The van der Waals surface area contributed by atoms with Gasteiger partial charge in [-0.2, -0.15) is 0 Å². The summed E-state index contributed by atoms with van der Waals surface area (Å²) >= 11 is 0. The Morgan fingerprint density at radius 3 is 2.60 bits per heavy atom. The van der Waals surface area contributed by atoms with E-state index in [2.05, 4.69) is 0 Å². The summed E-state index contributed by atoms with van der Waals surface area (Å²) in [6.45, 7) is 2.97. The van der Waals surface area contributed by atoms with E-state index >= 15 is 0 Å². The van der Waals surface area contributed by atoms with Crippen LogP contribution in [0.3, 0.4) is 0 Å². The molecule has 0 radical (unpaired) electrons. The number of fused-ring (bicyclic) bond motifs is 1. The maximum Gasteiger partial charge on any atom is 0.170 e. The van der Waals surface area contributed by atoms with E-state index in [1.54, 1.807) is 31.2 Å². The van der Waals surface area contributed by atoms with Crippen molar-refractivity contribution in [3.05, 3.63) is 35.4 Å². The van der Waals surface area contributed by atoms with Crippen molar-refractivity contribution in [3.8, 4) is 0 Å². The Bertz CT molecular complexity index is 389. The number of hydrogen-bond acceptors (Lipinski definition) is 2. The highest BCUT2D eigenvalue weighted by Crippen LogP contribution is 2.54. The second-order valence-corrected chi connectivity index (χ2v) is 4.28. The standard InChI is InChI=1S/C12H15FO2/c1-3-12(15)9-7-5-4-6-8(9)10(14)11(12,2)13/h4-7,10,14-15H,3H2,1-2H3/t10-,11?,12+/m0/s1. The minimum absolute atomic E-state index is 0.244. The summed E-state index contributed by atoms with van der Waals surface area (Å²) in [5.74, 6) is 0. The van der Waals surface area contributed by atoms with Gasteiger partial charge in [-0.15, -0.1) is 0 Å². The van der Waals surface area contributed by atoms with Crippen molar-refractivity contribution in [2.45, 2.75) is 37.6 Å². The molecule has 1 unspecified atom stereocenters. The van der Waals surface area contributed by atoms with Crippen LogP contribution < -0.4 is 0 Å². The molecule has 0 heterocycles. The highest BCUT2D eigenvalue weighted by atomic mass is 19.1. The molecule has 0 saturated carbocycles. The molecule has 1 aromatic rings. The molecule has 0 bridgehead atoms. The van der Waals surface area contributed by atoms with Crippen LogP contribution in [0.1, 0.15) is 37.5 Å². The molecule has 2 N–H and O–H groups in total. The van der Waals surface area contributed by atoms with Crippen LogP contribution in [-0.4, -0.2) is 15.9 Å². The van der Waals surface area contributed by atoms with Gasteiger partial charge in [-0.1, -0.05) is 31.2 Å². The van der Waals surface area contributed by atoms with Crippen molar-refractivity contribution in [3.63, 3.8) is 0 Å². The van der Waals surface area contributed by atoms with Crippen molar-refractivity contribution in [1.29, 1.82) is 0 Å². The second kappa shape index (κ2) is 3.03. The number of benzene rings is 1. The lowest BCUT2D eigenvalue weighted by Crippen LogP contribution is -2.44. The molecule has 3 atom stereocenters. The fraction of sp³-hybridized carbons (Fsp3) is 0.500. The Hall–Kier alpha value is -0.930. The van der Waals surface area contributed by atoms with Gasteiger partial charge in [-0.25, -0.2) is 4.39 Å². The summed E-state index contributed by atoms with van der Waals surface area (Å²) in [5.41, 5.74) is -2.61. The fourth-order valence-electron chi connectivity index (χ4n) is 2.43. The molecule has 0 aromatic heterocycles. The molecule has 0 fully saturated rings. The molecular formula is C12H15FO2. The van der Waals surface area contributed by atoms with E-state index in [0.717, 1.165) is 0 Å². The number of aliphatic hydroxyl groups excluding tert-OH is 1. The van der Waals surface area contributed by atoms with Crippen LogP contribution >= 0.6 is 0 Å². The van der Waals surface area contributed by atoms with E-state index in [0.29, 0.717) is 11.1 Å². The van der Waals surface area contributed by atoms with Crippen molar-refractivity contribution in [1.82, 2.24) is 0 Å². The minimum Gasteiger partial charge on any atom is -0.385 e. The molecule has 15 heavy (non-hydrogen) atoms. The van der Waals surface area contributed by atoms with Gasteiger partial charge in [0.2, 0.25) is 0 Å². The molecule has 0 aliphatic heterocycles. The number of rotatable bonds is 1. The molecule has 2 rings (SSSR count). The molecule has 2 nitrogen and oxygen atoms in total. The zero-order chi connectivity index (χ0) is 11.3. The van der Waals surface area contributed by atoms with Crippen molar-refractivity contribution in [2.75, 3.05) is 0 Å². The molecular weight excluding hydrogens is 195 g/mol. The van der Waals surface area contributed by atoms with E-state index in [9.17, 15) is 14.6 Å². The maximum atomic E-state index is 14.3. The molecule has 1 aliphatic carbocycles. The molecule has 0 spiro atoms. The van der Waals surface area contributed by atoms with E-state index in [4.69, 9.17) is 0 Å². The number of alkyl halides is 1. The van der Waals surface area contributed by atoms with Crippen molar-refractivity contribution >= 4 is 0 Å². The van der Waals surface area contributed by atoms with Crippen LogP contribution in [0.5, 0.6) is 0 Å². The predicted molar refractivity (Wildman–Crippen MR) is 55.1 cm³/mol. The molecule has 1 aromatic carbocycles. The lowest BCUT2D eigenvalue weighted by atomic mass is 9.83. The van der Waals surface area contributed by atoms with Crippen LogP contribution in [0.2, 0.25) is 0 Å². The summed E-state index contributed by atoms with van der Waals surface area (Å²) in [7, 11) is 0. The monoisotopic (exact) mass is 210 g/mol. The van der Waals surface area contributed by atoms with Gasteiger partial charge in [0.05, 0.1) is 0 Å². The third-order valence-corrected chi connectivity index (χ3v) is 3.53. The molecule has 0 saturated heterocycles. The van der Waals surface area contributed by atoms with Gasteiger partial charge in [0.25, 0.3) is 0 Å². The van der Waals surface area contributed by atoms with Crippen molar-refractivity contribution < 1.29 is 14.6 Å². The maximum absolute atomic E-state index is 14.3. The van der Waals surface area contributed by atoms with E-state index in [1.165, 1.54) is 6.92 Å². The van der Waals surface area contributed by atoms with Crippen LogP contribution in [0.15, 0.2) is 24.3 Å². The van der Waals surface area contributed by atoms with Gasteiger partial charge in [0, 0.05) is 0 Å². The number of halogens is 1. The largest absolute Gasteiger partial charge is 0.385 e. The minimum atomic E-state index is -2.02. The van der Waals surface area contributed by atoms with Crippen molar-refractivity contribution in [2.24, 2.45) is 0 Å². The zero-order valence-electron chi connectivity index (χ0n) is 8.87. The summed E-state index contributed by atoms with van der Waals surface area (Å²) in [5, 5.41) is 20.2. The van der Waals surface area contributed by atoms with Crippen LogP contribution in [0, 0.1) is 0 Å². The molecule has 82 valence electrons. The first kappa shape index (κ1) is 10.6. The van der Waals surface area contributed by atoms with Crippen LogP contribution in [-0.2, 0) is 5.60 Å². The average molecular weight is 210 g/mol. The van der Waals surface area contributed by atoms with Gasteiger partial charge in [-0.3, -0.25) is 0 Å². The van der Waals surface area contributed by atoms with Gasteiger partial charge >= 0.3 is 0 Å². The summed E-state index contributed by atoms with van der Waals surface area (Å²) in [4.78, 5) is 0. The lowest BCUT2D eigenvalue weighted by Gasteiger charge is -2.34. The third kappa shape index (κ3) is 1.11. The van der Waals surface area contributed by atoms with Gasteiger partial charge in [0.1, 0.15) is 11.7 Å². The van der Waals surface area contributed by atoms with Crippen LogP contribution in [0.25, 0.3) is 0 Å². The Morgan fingerprint density at radius 1 is 1.40 bits per heavy atom. The molecule has 1 aliphatic rings. The highest BCUT2D eigenvalue weighted by Gasteiger charge is 2.59. The smallest absolute Gasteiger partial charge is 0.170 e. The average Bonchev–Trinajstić information content (AvgIpc) is 2.40. The summed E-state index contributed by atoms with van der Waals surface area (Å²) in [6.07, 6.45) is -1.01. The number of aliphatic hydroxyl groups is 2. The highest BCUT2D eigenvalue weighted by molar-refractivity contribution is 5.44. The van der Waals surface area contributed by atoms with Gasteiger partial charge in [0.15, 0.2) is 5.67 Å². The third-order valence-electron chi connectivity index (χ3n) is 3.53. The second-order valence-electron chi connectivity index (χ2n) is 4.28. The van der Waals surface area contributed by atoms with Gasteiger partial charge < -0.3 is 10.2 Å². The summed E-state index contributed by atoms with van der Waals surface area (Å²) in [6, 6.07) is 6.81. The van der Waals surface area contributed by atoms with Gasteiger partial charge in [-0.05, 0) is 24.5 Å². The van der Waals surface area contributed by atoms with E-state index in [1.807, 2.05) is 0 Å². The fourth-order valence-corrected chi connectivity index (χ4v) is 2.43. The SMILES string of the molecule is CC[C@@]1(O)c2ccccc2[C@H](O)C1(C)F. The lowest BCUT2D eigenvalue weighted by molar-refractivity contribution is -0.140. The number of hydrogen-bond donors (Lipinski definition) is 2. The molecule has 3 heteroatoms. The first-order chi connectivity index (χ1) is 6.95. The predicted octanol–water partition coefficient (Wildman–Crippen LogP) is 2.06. The van der Waals surface area contributed by atoms with E-state index in [-0.39, 0.29) is 6.42 Å². The Kier molecular flexibility index (Phi) is 2.14. The van der Waals surface area contributed by atoms with Crippen LogP contribution in [0.4, 0.5) is 4.39 Å². The normalized spacial score (nSPS) is 39.1.